The summed E-state index contributed by atoms with van der Waals surface area (Å²) in [4.78, 5) is 5.35. The Kier molecular flexibility index (Phi) is 6.41. The third kappa shape index (κ3) is 4.92. The van der Waals surface area contributed by atoms with Crippen LogP contribution in [-0.2, 0) is 13.2 Å². The van der Waals surface area contributed by atoms with Crippen molar-refractivity contribution in [3.05, 3.63) is 102 Å². The highest BCUT2D eigenvalue weighted by Gasteiger charge is 2.17. The fraction of sp³-hybridized carbons (Fsp3) is 0.125. The van der Waals surface area contributed by atoms with Crippen molar-refractivity contribution in [2.24, 2.45) is 0 Å². The van der Waals surface area contributed by atoms with Crippen LogP contribution < -0.4 is 18.9 Å². The van der Waals surface area contributed by atoms with Crippen LogP contribution in [0.25, 0.3) is 38.2 Å². The normalized spacial score (nSPS) is 11.4. The van der Waals surface area contributed by atoms with Gasteiger partial charge in [0.2, 0.25) is 4.96 Å². The number of aromatic nitrogens is 3. The SMILES string of the molecule is COc1cc(OCc2cccc(OCc3cccc4ccccc34)c2)c2cc(-c3cn4nc(OC)sc4n3)oc2c1. The molecule has 0 aliphatic carbocycles. The molecule has 41 heavy (non-hydrogen) atoms. The number of ether oxygens (including phenoxy) is 4. The van der Waals surface area contributed by atoms with Crippen molar-refractivity contribution in [3.8, 4) is 33.9 Å². The van der Waals surface area contributed by atoms with Crippen molar-refractivity contribution in [3.63, 3.8) is 0 Å². The summed E-state index contributed by atoms with van der Waals surface area (Å²) in [7, 11) is 3.21. The van der Waals surface area contributed by atoms with Crippen LogP contribution in [0, 0.1) is 0 Å². The second-order valence-electron chi connectivity index (χ2n) is 9.44. The van der Waals surface area contributed by atoms with Crippen LogP contribution in [0.4, 0.5) is 0 Å². The largest absolute Gasteiger partial charge is 0.496 e. The smallest absolute Gasteiger partial charge is 0.294 e. The minimum atomic E-state index is 0.345. The number of methoxy groups -OCH3 is 2. The fourth-order valence-corrected chi connectivity index (χ4v) is 5.49. The minimum absolute atomic E-state index is 0.345. The minimum Gasteiger partial charge on any atom is -0.496 e. The van der Waals surface area contributed by atoms with Crippen LogP contribution in [0.3, 0.4) is 0 Å². The first-order valence-electron chi connectivity index (χ1n) is 13.0. The lowest BCUT2D eigenvalue weighted by atomic mass is 10.1. The molecule has 0 aliphatic rings. The Morgan fingerprint density at radius 3 is 2.56 bits per heavy atom. The number of hydrogen-bond acceptors (Lipinski definition) is 8. The highest BCUT2D eigenvalue weighted by Crippen LogP contribution is 2.37. The second-order valence-corrected chi connectivity index (χ2v) is 10.4. The lowest BCUT2D eigenvalue weighted by molar-refractivity contribution is 0.297. The summed E-state index contributed by atoms with van der Waals surface area (Å²) in [6.07, 6.45) is 1.81. The number of benzene rings is 4. The van der Waals surface area contributed by atoms with E-state index in [2.05, 4.69) is 46.5 Å². The third-order valence-electron chi connectivity index (χ3n) is 6.83. The number of furan rings is 1. The third-order valence-corrected chi connectivity index (χ3v) is 7.71. The van der Waals surface area contributed by atoms with Gasteiger partial charge in [0.05, 0.1) is 25.8 Å². The highest BCUT2D eigenvalue weighted by molar-refractivity contribution is 7.18. The van der Waals surface area contributed by atoms with E-state index in [4.69, 9.17) is 23.4 Å². The molecule has 0 amide bonds. The molecule has 4 aromatic carbocycles. The number of imidazole rings is 1. The molecule has 8 nitrogen and oxygen atoms in total. The second kappa shape index (κ2) is 10.5. The van der Waals surface area contributed by atoms with Crippen LogP contribution >= 0.6 is 11.3 Å². The van der Waals surface area contributed by atoms with E-state index in [1.807, 2.05) is 54.7 Å². The molecule has 0 N–H and O–H groups in total. The van der Waals surface area contributed by atoms with E-state index in [9.17, 15) is 0 Å². The molecule has 204 valence electrons. The Hall–Kier alpha value is -5.02. The maximum absolute atomic E-state index is 6.30. The molecule has 0 saturated heterocycles. The Labute approximate surface area is 239 Å². The zero-order chi connectivity index (χ0) is 27.8. The molecule has 3 heterocycles. The van der Waals surface area contributed by atoms with Crippen molar-refractivity contribution in [2.45, 2.75) is 13.2 Å². The summed E-state index contributed by atoms with van der Waals surface area (Å²) in [5.74, 6) is 2.68. The first-order chi connectivity index (χ1) is 20.2. The monoisotopic (exact) mass is 563 g/mol. The van der Waals surface area contributed by atoms with Gasteiger partial charge in [-0.2, -0.15) is 0 Å². The van der Waals surface area contributed by atoms with Crippen molar-refractivity contribution in [1.82, 2.24) is 14.6 Å². The molecule has 0 fully saturated rings. The predicted molar refractivity (Wildman–Crippen MR) is 158 cm³/mol. The van der Waals surface area contributed by atoms with Crippen molar-refractivity contribution in [1.29, 1.82) is 0 Å². The predicted octanol–water partition coefficient (Wildman–Crippen LogP) is 7.53. The highest BCUT2D eigenvalue weighted by atomic mass is 32.1. The molecular weight excluding hydrogens is 538 g/mol. The van der Waals surface area contributed by atoms with Gasteiger partial charge in [0.1, 0.15) is 41.7 Å². The average molecular weight is 564 g/mol. The summed E-state index contributed by atoms with van der Waals surface area (Å²) in [6, 6.07) is 28.2. The van der Waals surface area contributed by atoms with E-state index >= 15 is 0 Å². The van der Waals surface area contributed by atoms with Gasteiger partial charge in [-0.25, -0.2) is 9.50 Å². The summed E-state index contributed by atoms with van der Waals surface area (Å²) < 4.78 is 31.0. The van der Waals surface area contributed by atoms with Crippen molar-refractivity contribution >= 4 is 38.0 Å². The van der Waals surface area contributed by atoms with Crippen LogP contribution in [0.5, 0.6) is 22.4 Å². The zero-order valence-electron chi connectivity index (χ0n) is 22.4. The van der Waals surface area contributed by atoms with E-state index in [-0.39, 0.29) is 0 Å². The molecule has 0 spiro atoms. The molecule has 0 unspecified atom stereocenters. The number of fused-ring (bicyclic) bond motifs is 3. The van der Waals surface area contributed by atoms with Crippen molar-refractivity contribution in [2.75, 3.05) is 14.2 Å². The standard InChI is InChI=1S/C32H25N3O5S/c1-36-24-14-28(26-16-30(40-29(26)15-24)27-17-35-31(33-27)41-32(34-35)37-2)39-18-20-7-5-11-23(13-20)38-19-22-10-6-9-21-8-3-4-12-25(21)22/h3-17H,18-19H2,1-2H3. The van der Waals surface area contributed by atoms with E-state index in [1.54, 1.807) is 18.7 Å². The number of hydrogen-bond donors (Lipinski definition) is 0. The van der Waals surface area contributed by atoms with Gasteiger partial charge in [-0.1, -0.05) is 54.6 Å². The van der Waals surface area contributed by atoms with Gasteiger partial charge in [-0.15, -0.1) is 5.10 Å². The van der Waals surface area contributed by atoms with Gasteiger partial charge in [0.25, 0.3) is 5.19 Å². The quantitative estimate of drug-likeness (QED) is 0.180. The van der Waals surface area contributed by atoms with E-state index in [1.165, 1.54) is 22.1 Å². The first kappa shape index (κ1) is 25.0. The Bertz CT molecular complexity index is 1970. The van der Waals surface area contributed by atoms with E-state index in [0.717, 1.165) is 22.3 Å². The van der Waals surface area contributed by atoms with Gasteiger partial charge >= 0.3 is 0 Å². The molecule has 3 aromatic heterocycles. The summed E-state index contributed by atoms with van der Waals surface area (Å²) in [6.45, 7) is 0.826. The topological polar surface area (TPSA) is 80.2 Å². The molecule has 0 radical (unpaired) electrons. The van der Waals surface area contributed by atoms with Gasteiger partial charge in [-0.05, 0) is 51.4 Å². The Morgan fingerprint density at radius 2 is 1.68 bits per heavy atom. The Balaban J connectivity index is 1.11. The summed E-state index contributed by atoms with van der Waals surface area (Å²) >= 11 is 1.36. The average Bonchev–Trinajstić information content (AvgIpc) is 3.72. The van der Waals surface area contributed by atoms with Crippen LogP contribution in [0.1, 0.15) is 11.1 Å². The van der Waals surface area contributed by atoms with Gasteiger partial charge in [0.15, 0.2) is 5.76 Å². The van der Waals surface area contributed by atoms with Gasteiger partial charge in [0, 0.05) is 12.1 Å². The Morgan fingerprint density at radius 1 is 0.805 bits per heavy atom. The molecule has 0 bridgehead atoms. The maximum Gasteiger partial charge on any atom is 0.294 e. The molecular formula is C32H25N3O5S. The van der Waals surface area contributed by atoms with Crippen LogP contribution in [0.15, 0.2) is 95.5 Å². The lowest BCUT2D eigenvalue weighted by Gasteiger charge is -2.12. The molecule has 9 heteroatoms. The van der Waals surface area contributed by atoms with E-state index < -0.39 is 0 Å². The number of nitrogens with zero attached hydrogens (tertiary/aromatic N) is 3. The summed E-state index contributed by atoms with van der Waals surface area (Å²) in [5.41, 5.74) is 3.44. The van der Waals surface area contributed by atoms with Crippen molar-refractivity contribution < 1.29 is 23.4 Å². The van der Waals surface area contributed by atoms with Gasteiger partial charge in [-0.3, -0.25) is 0 Å². The van der Waals surface area contributed by atoms with Crippen LogP contribution in [-0.4, -0.2) is 28.8 Å². The molecule has 7 aromatic rings. The first-order valence-corrected chi connectivity index (χ1v) is 13.8. The molecule has 0 aliphatic heterocycles. The maximum atomic E-state index is 6.30. The van der Waals surface area contributed by atoms with Gasteiger partial charge < -0.3 is 23.4 Å². The van der Waals surface area contributed by atoms with Crippen LogP contribution in [0.2, 0.25) is 0 Å². The molecule has 0 atom stereocenters. The summed E-state index contributed by atoms with van der Waals surface area (Å²) in [5, 5.41) is 8.12. The van der Waals surface area contributed by atoms with E-state index in [0.29, 0.717) is 51.9 Å². The zero-order valence-corrected chi connectivity index (χ0v) is 23.2. The lowest BCUT2D eigenvalue weighted by Crippen LogP contribution is -1.99. The fourth-order valence-electron chi connectivity index (χ4n) is 4.79. The number of rotatable bonds is 9. The molecule has 0 saturated carbocycles. The molecule has 7 rings (SSSR count).